The first-order chi connectivity index (χ1) is 5.76. The lowest BCUT2D eigenvalue weighted by atomic mass is 10.1. The van der Waals surface area contributed by atoms with Crippen LogP contribution in [0.2, 0.25) is 4.34 Å². The molecule has 0 unspecified atom stereocenters. The highest BCUT2D eigenvalue weighted by Gasteiger charge is 1.99. The highest BCUT2D eigenvalue weighted by Crippen LogP contribution is 2.21. The summed E-state index contributed by atoms with van der Waals surface area (Å²) in [7, 11) is 0. The van der Waals surface area contributed by atoms with Crippen LogP contribution in [0.5, 0.6) is 0 Å². The van der Waals surface area contributed by atoms with Gasteiger partial charge in [0, 0.05) is 6.54 Å². The van der Waals surface area contributed by atoms with Crippen LogP contribution >= 0.6 is 22.9 Å². The van der Waals surface area contributed by atoms with Crippen LogP contribution in [0.1, 0.15) is 12.5 Å². The van der Waals surface area contributed by atoms with Crippen molar-refractivity contribution in [2.75, 3.05) is 6.54 Å². The van der Waals surface area contributed by atoms with Crippen LogP contribution in [0.25, 0.3) is 0 Å². The number of rotatable bonds is 3. The van der Waals surface area contributed by atoms with Gasteiger partial charge in [0.25, 0.3) is 0 Å². The Kier molecular flexibility index (Phi) is 3.79. The lowest BCUT2D eigenvalue weighted by molar-refractivity contribution is 1.04. The summed E-state index contributed by atoms with van der Waals surface area (Å²) in [4.78, 5) is 0. The van der Waals surface area contributed by atoms with Crippen LogP contribution in [-0.2, 0) is 6.42 Å². The third kappa shape index (κ3) is 2.63. The molecule has 0 aliphatic heterocycles. The molecule has 0 radical (unpaired) electrons. The van der Waals surface area contributed by atoms with Crippen LogP contribution < -0.4 is 5.73 Å². The molecule has 1 heterocycles. The second-order valence-corrected chi connectivity index (χ2v) is 4.13. The highest BCUT2D eigenvalue weighted by atomic mass is 35.5. The molecular formula is C9H12ClNS. The van der Waals surface area contributed by atoms with Crippen LogP contribution in [0, 0.1) is 0 Å². The zero-order chi connectivity index (χ0) is 8.97. The van der Waals surface area contributed by atoms with Crippen molar-refractivity contribution in [3.05, 3.63) is 33.0 Å². The number of thiophene rings is 1. The van der Waals surface area contributed by atoms with Crippen molar-refractivity contribution in [2.24, 2.45) is 5.73 Å². The van der Waals surface area contributed by atoms with Gasteiger partial charge in [-0.1, -0.05) is 23.3 Å². The van der Waals surface area contributed by atoms with Gasteiger partial charge in [-0.05, 0) is 30.4 Å². The van der Waals surface area contributed by atoms with E-state index in [1.807, 2.05) is 13.0 Å². The fraction of sp³-hybridized carbons (Fsp3) is 0.333. The van der Waals surface area contributed by atoms with Gasteiger partial charge in [0.1, 0.15) is 0 Å². The van der Waals surface area contributed by atoms with E-state index in [1.54, 1.807) is 11.3 Å². The van der Waals surface area contributed by atoms with Crippen molar-refractivity contribution in [1.82, 2.24) is 0 Å². The molecule has 3 heteroatoms. The lowest BCUT2D eigenvalue weighted by Gasteiger charge is -1.99. The number of halogens is 1. The number of allylic oxidation sites excluding steroid dienone is 1. The number of hydrogen-bond donors (Lipinski definition) is 1. The zero-order valence-electron chi connectivity index (χ0n) is 7.01. The minimum absolute atomic E-state index is 0.629. The van der Waals surface area contributed by atoms with Crippen LogP contribution in [-0.4, -0.2) is 6.54 Å². The maximum absolute atomic E-state index is 5.80. The summed E-state index contributed by atoms with van der Waals surface area (Å²) in [5.74, 6) is 0. The van der Waals surface area contributed by atoms with Gasteiger partial charge in [0.15, 0.2) is 0 Å². The first kappa shape index (κ1) is 9.78. The van der Waals surface area contributed by atoms with E-state index in [0.717, 1.165) is 10.8 Å². The molecule has 1 rings (SSSR count). The lowest BCUT2D eigenvalue weighted by Crippen LogP contribution is -2.04. The van der Waals surface area contributed by atoms with Crippen LogP contribution in [0.15, 0.2) is 23.1 Å². The standard InChI is InChI=1S/C9H12ClNS/c1-2-7(5-11)3-8-4-9(10)12-6-8/h2,4,6H,3,5,11H2,1H3/b7-2-. The van der Waals surface area contributed by atoms with Gasteiger partial charge in [0.2, 0.25) is 0 Å². The van der Waals surface area contributed by atoms with E-state index in [-0.39, 0.29) is 0 Å². The fourth-order valence-electron chi connectivity index (χ4n) is 0.993. The van der Waals surface area contributed by atoms with Gasteiger partial charge in [0.05, 0.1) is 4.34 Å². The average Bonchev–Trinajstić information content (AvgIpc) is 2.47. The summed E-state index contributed by atoms with van der Waals surface area (Å²) in [5, 5.41) is 2.07. The predicted molar refractivity (Wildman–Crippen MR) is 55.8 cm³/mol. The molecule has 1 nitrogen and oxygen atoms in total. The third-order valence-electron chi connectivity index (χ3n) is 1.72. The van der Waals surface area contributed by atoms with E-state index in [1.165, 1.54) is 11.1 Å². The molecule has 0 aromatic carbocycles. The van der Waals surface area contributed by atoms with Gasteiger partial charge >= 0.3 is 0 Å². The van der Waals surface area contributed by atoms with E-state index in [0.29, 0.717) is 6.54 Å². The van der Waals surface area contributed by atoms with Crippen molar-refractivity contribution in [3.8, 4) is 0 Å². The summed E-state index contributed by atoms with van der Waals surface area (Å²) in [6, 6.07) is 1.99. The molecule has 0 bridgehead atoms. The first-order valence-corrected chi connectivity index (χ1v) is 5.09. The average molecular weight is 202 g/mol. The molecule has 0 saturated carbocycles. The molecule has 0 atom stereocenters. The second kappa shape index (κ2) is 4.65. The summed E-state index contributed by atoms with van der Waals surface area (Å²) >= 11 is 7.36. The third-order valence-corrected chi connectivity index (χ3v) is 2.86. The molecule has 2 N–H and O–H groups in total. The Bertz CT molecular complexity index is 278. The fourth-order valence-corrected chi connectivity index (χ4v) is 1.90. The SMILES string of the molecule is C/C=C(\CN)Cc1csc(Cl)c1. The second-order valence-electron chi connectivity index (χ2n) is 2.59. The molecule has 0 aliphatic carbocycles. The van der Waals surface area contributed by atoms with Gasteiger partial charge in [-0.3, -0.25) is 0 Å². The summed E-state index contributed by atoms with van der Waals surface area (Å²) in [6.45, 7) is 2.64. The van der Waals surface area contributed by atoms with Crippen molar-refractivity contribution in [1.29, 1.82) is 0 Å². The maximum Gasteiger partial charge on any atom is 0.0931 e. The molecule has 1 aromatic rings. The summed E-state index contributed by atoms with van der Waals surface area (Å²) in [5.41, 5.74) is 8.05. The molecular weight excluding hydrogens is 190 g/mol. The molecule has 12 heavy (non-hydrogen) atoms. The van der Waals surface area contributed by atoms with E-state index in [9.17, 15) is 0 Å². The maximum atomic E-state index is 5.80. The zero-order valence-corrected chi connectivity index (χ0v) is 8.58. The van der Waals surface area contributed by atoms with Gasteiger partial charge in [-0.2, -0.15) is 0 Å². The van der Waals surface area contributed by atoms with Crippen molar-refractivity contribution in [2.45, 2.75) is 13.3 Å². The van der Waals surface area contributed by atoms with Gasteiger partial charge < -0.3 is 5.73 Å². The first-order valence-electron chi connectivity index (χ1n) is 3.83. The Morgan fingerprint density at radius 2 is 2.50 bits per heavy atom. The monoisotopic (exact) mass is 201 g/mol. The highest BCUT2D eigenvalue weighted by molar-refractivity contribution is 7.14. The van der Waals surface area contributed by atoms with E-state index < -0.39 is 0 Å². The minimum Gasteiger partial charge on any atom is -0.327 e. The van der Waals surface area contributed by atoms with E-state index >= 15 is 0 Å². The molecule has 1 aromatic heterocycles. The molecule has 0 amide bonds. The summed E-state index contributed by atoms with van der Waals surface area (Å²) in [6.07, 6.45) is 2.99. The van der Waals surface area contributed by atoms with Crippen molar-refractivity contribution >= 4 is 22.9 Å². The largest absolute Gasteiger partial charge is 0.327 e. The smallest absolute Gasteiger partial charge is 0.0931 e. The van der Waals surface area contributed by atoms with Crippen LogP contribution in [0.4, 0.5) is 0 Å². The Labute approximate surface area is 81.9 Å². The summed E-state index contributed by atoms with van der Waals surface area (Å²) < 4.78 is 0.845. The normalized spacial score (nSPS) is 12.1. The molecule has 0 fully saturated rings. The topological polar surface area (TPSA) is 26.0 Å². The Morgan fingerprint density at radius 3 is 2.92 bits per heavy atom. The number of hydrogen-bond acceptors (Lipinski definition) is 2. The molecule has 0 spiro atoms. The minimum atomic E-state index is 0.629. The van der Waals surface area contributed by atoms with Gasteiger partial charge in [-0.25, -0.2) is 0 Å². The van der Waals surface area contributed by atoms with Crippen molar-refractivity contribution in [3.63, 3.8) is 0 Å². The quantitative estimate of drug-likeness (QED) is 0.748. The van der Waals surface area contributed by atoms with Gasteiger partial charge in [-0.15, -0.1) is 11.3 Å². The molecule has 0 saturated heterocycles. The molecule has 66 valence electrons. The van der Waals surface area contributed by atoms with Crippen LogP contribution in [0.3, 0.4) is 0 Å². The Morgan fingerprint density at radius 1 is 1.75 bits per heavy atom. The molecule has 0 aliphatic rings. The Balaban J connectivity index is 2.63. The van der Waals surface area contributed by atoms with Crippen molar-refractivity contribution < 1.29 is 0 Å². The Hall–Kier alpha value is -0.310. The van der Waals surface area contributed by atoms with E-state index in [4.69, 9.17) is 17.3 Å². The predicted octanol–water partition coefficient (Wildman–Crippen LogP) is 2.85. The number of nitrogens with two attached hydrogens (primary N) is 1. The van der Waals surface area contributed by atoms with E-state index in [2.05, 4.69) is 11.5 Å².